The van der Waals surface area contributed by atoms with E-state index in [0.717, 1.165) is 32.4 Å². The molecule has 0 spiro atoms. The van der Waals surface area contributed by atoms with Crippen LogP contribution in [0, 0.1) is 5.92 Å². The van der Waals surface area contributed by atoms with Gasteiger partial charge >= 0.3 is 0 Å². The molecule has 118 valence electrons. The number of hydrogen-bond donors (Lipinski definition) is 2. The van der Waals surface area contributed by atoms with Crippen LogP contribution in [-0.2, 0) is 9.53 Å². The van der Waals surface area contributed by atoms with Gasteiger partial charge in [-0.05, 0) is 31.7 Å². The zero-order valence-corrected chi connectivity index (χ0v) is 13.4. The maximum Gasteiger partial charge on any atom is 0.237 e. The molecule has 0 aromatic heterocycles. The highest BCUT2D eigenvalue weighted by Gasteiger charge is 2.43. The predicted octanol–water partition coefficient (Wildman–Crippen LogP) is 2.61. The van der Waals surface area contributed by atoms with Crippen molar-refractivity contribution in [2.75, 3.05) is 13.2 Å². The summed E-state index contributed by atoms with van der Waals surface area (Å²) in [5.74, 6) is 0.418. The summed E-state index contributed by atoms with van der Waals surface area (Å²) in [5, 5.41) is 3.27. The normalized spacial score (nSPS) is 27.6. The standard InChI is InChI=1S/C16H32N2O2/c1-4-7-8-13(5-2)12-20-14-9-10-16(11-14,15(17)19)18-6-3/h13-14,18H,4-12H2,1-3H3,(H2,17,19). The minimum absolute atomic E-state index is 0.178. The lowest BCUT2D eigenvalue weighted by atomic mass is 9.96. The van der Waals surface area contributed by atoms with Gasteiger partial charge in [0.15, 0.2) is 0 Å². The molecule has 1 aliphatic rings. The predicted molar refractivity (Wildman–Crippen MR) is 82.5 cm³/mol. The first-order chi connectivity index (χ1) is 9.57. The van der Waals surface area contributed by atoms with Gasteiger partial charge < -0.3 is 15.8 Å². The third-order valence-corrected chi connectivity index (χ3v) is 4.57. The molecule has 0 radical (unpaired) electrons. The van der Waals surface area contributed by atoms with E-state index >= 15 is 0 Å². The van der Waals surface area contributed by atoms with Gasteiger partial charge in [0.25, 0.3) is 0 Å². The number of ether oxygens (including phenoxy) is 1. The van der Waals surface area contributed by atoms with Gasteiger partial charge in [0.1, 0.15) is 5.54 Å². The maximum absolute atomic E-state index is 11.7. The fourth-order valence-electron chi connectivity index (χ4n) is 3.12. The quantitative estimate of drug-likeness (QED) is 0.648. The summed E-state index contributed by atoms with van der Waals surface area (Å²) in [4.78, 5) is 11.7. The zero-order chi connectivity index (χ0) is 15.0. The van der Waals surface area contributed by atoms with Gasteiger partial charge in [-0.3, -0.25) is 4.79 Å². The van der Waals surface area contributed by atoms with Gasteiger partial charge in [-0.1, -0.05) is 40.0 Å². The zero-order valence-electron chi connectivity index (χ0n) is 13.4. The van der Waals surface area contributed by atoms with Crippen LogP contribution in [0.5, 0.6) is 0 Å². The molecule has 0 heterocycles. The monoisotopic (exact) mass is 284 g/mol. The Kier molecular flexibility index (Phi) is 7.52. The second-order valence-corrected chi connectivity index (χ2v) is 6.09. The van der Waals surface area contributed by atoms with E-state index in [-0.39, 0.29) is 12.0 Å². The van der Waals surface area contributed by atoms with Gasteiger partial charge in [-0.15, -0.1) is 0 Å². The summed E-state index contributed by atoms with van der Waals surface area (Å²) in [6.45, 7) is 8.05. The Morgan fingerprint density at radius 1 is 1.45 bits per heavy atom. The lowest BCUT2D eigenvalue weighted by molar-refractivity contribution is -0.124. The highest BCUT2D eigenvalue weighted by molar-refractivity contribution is 5.85. The smallest absolute Gasteiger partial charge is 0.237 e. The van der Waals surface area contributed by atoms with Gasteiger partial charge in [-0.2, -0.15) is 0 Å². The molecule has 4 heteroatoms. The number of carbonyl (C=O) groups excluding carboxylic acids is 1. The van der Waals surface area contributed by atoms with E-state index < -0.39 is 5.54 Å². The molecule has 0 saturated heterocycles. The first-order valence-electron chi connectivity index (χ1n) is 8.24. The average molecular weight is 284 g/mol. The van der Waals surface area contributed by atoms with Crippen molar-refractivity contribution < 1.29 is 9.53 Å². The summed E-state index contributed by atoms with van der Waals surface area (Å²) < 4.78 is 6.06. The fraction of sp³-hybridized carbons (Fsp3) is 0.938. The van der Waals surface area contributed by atoms with E-state index in [9.17, 15) is 4.79 Å². The molecule has 0 bridgehead atoms. The Morgan fingerprint density at radius 3 is 2.75 bits per heavy atom. The lowest BCUT2D eigenvalue weighted by Crippen LogP contribution is -2.53. The van der Waals surface area contributed by atoms with Crippen LogP contribution < -0.4 is 11.1 Å². The molecule has 1 amide bonds. The van der Waals surface area contributed by atoms with Crippen molar-refractivity contribution in [3.8, 4) is 0 Å². The first-order valence-corrected chi connectivity index (χ1v) is 8.24. The number of hydrogen-bond acceptors (Lipinski definition) is 3. The molecule has 20 heavy (non-hydrogen) atoms. The van der Waals surface area contributed by atoms with Crippen LogP contribution in [0.2, 0.25) is 0 Å². The molecule has 0 aliphatic heterocycles. The van der Waals surface area contributed by atoms with Gasteiger partial charge in [0.2, 0.25) is 5.91 Å². The SMILES string of the molecule is CCCCC(CC)COC1CCC(NCC)(C(N)=O)C1. The number of primary amides is 1. The Labute approximate surface area is 123 Å². The minimum Gasteiger partial charge on any atom is -0.378 e. The summed E-state index contributed by atoms with van der Waals surface area (Å²) in [6.07, 6.45) is 7.56. The first kappa shape index (κ1) is 17.4. The largest absolute Gasteiger partial charge is 0.378 e. The Balaban J connectivity index is 2.41. The molecule has 1 fully saturated rings. The highest BCUT2D eigenvalue weighted by Crippen LogP contribution is 2.32. The highest BCUT2D eigenvalue weighted by atomic mass is 16.5. The van der Waals surface area contributed by atoms with Crippen LogP contribution in [0.4, 0.5) is 0 Å². The van der Waals surface area contributed by atoms with Gasteiger partial charge in [-0.25, -0.2) is 0 Å². The molecule has 0 aromatic rings. The van der Waals surface area contributed by atoms with Crippen molar-refractivity contribution in [1.82, 2.24) is 5.32 Å². The molecule has 1 aliphatic carbocycles. The van der Waals surface area contributed by atoms with Crippen LogP contribution in [0.1, 0.15) is 65.7 Å². The second kappa shape index (κ2) is 8.63. The molecular formula is C16H32N2O2. The Bertz CT molecular complexity index is 296. The number of rotatable bonds is 10. The van der Waals surface area contributed by atoms with E-state index in [2.05, 4.69) is 19.2 Å². The van der Waals surface area contributed by atoms with Crippen LogP contribution in [-0.4, -0.2) is 30.7 Å². The molecule has 3 atom stereocenters. The number of nitrogens with two attached hydrogens (primary N) is 1. The van der Waals surface area contributed by atoms with E-state index in [0.29, 0.717) is 5.92 Å². The number of carbonyl (C=O) groups is 1. The van der Waals surface area contributed by atoms with Crippen molar-refractivity contribution in [1.29, 1.82) is 0 Å². The molecule has 1 rings (SSSR count). The van der Waals surface area contributed by atoms with Crippen molar-refractivity contribution in [3.63, 3.8) is 0 Å². The lowest BCUT2D eigenvalue weighted by Gasteiger charge is -2.26. The number of nitrogens with one attached hydrogen (secondary N) is 1. The van der Waals surface area contributed by atoms with Gasteiger partial charge in [0, 0.05) is 13.0 Å². The van der Waals surface area contributed by atoms with E-state index in [1.807, 2.05) is 6.92 Å². The topological polar surface area (TPSA) is 64.3 Å². The third-order valence-electron chi connectivity index (χ3n) is 4.57. The van der Waals surface area contributed by atoms with Crippen LogP contribution >= 0.6 is 0 Å². The van der Waals surface area contributed by atoms with Crippen molar-refractivity contribution in [2.24, 2.45) is 11.7 Å². The van der Waals surface area contributed by atoms with Crippen LogP contribution in [0.25, 0.3) is 0 Å². The number of unbranched alkanes of at least 4 members (excludes halogenated alkanes) is 1. The Hall–Kier alpha value is -0.610. The van der Waals surface area contributed by atoms with Crippen LogP contribution in [0.15, 0.2) is 0 Å². The molecule has 0 aromatic carbocycles. The number of amides is 1. The average Bonchev–Trinajstić information content (AvgIpc) is 2.84. The molecule has 3 N–H and O–H groups in total. The van der Waals surface area contributed by atoms with E-state index in [1.54, 1.807) is 0 Å². The maximum atomic E-state index is 11.7. The summed E-state index contributed by atoms with van der Waals surface area (Å²) in [5.41, 5.74) is 5.03. The van der Waals surface area contributed by atoms with Gasteiger partial charge in [0.05, 0.1) is 6.10 Å². The second-order valence-electron chi connectivity index (χ2n) is 6.09. The minimum atomic E-state index is -0.537. The molecule has 3 unspecified atom stereocenters. The summed E-state index contributed by atoms with van der Waals surface area (Å²) >= 11 is 0. The number of likely N-dealkylation sites (N-methyl/N-ethyl adjacent to an activating group) is 1. The summed E-state index contributed by atoms with van der Waals surface area (Å²) in [6, 6.07) is 0. The summed E-state index contributed by atoms with van der Waals surface area (Å²) in [7, 11) is 0. The van der Waals surface area contributed by atoms with Crippen molar-refractivity contribution in [3.05, 3.63) is 0 Å². The van der Waals surface area contributed by atoms with Crippen molar-refractivity contribution >= 4 is 5.91 Å². The fourth-order valence-corrected chi connectivity index (χ4v) is 3.12. The third kappa shape index (κ3) is 4.74. The van der Waals surface area contributed by atoms with E-state index in [1.165, 1.54) is 25.7 Å². The molecule has 4 nitrogen and oxygen atoms in total. The molecular weight excluding hydrogens is 252 g/mol. The van der Waals surface area contributed by atoms with E-state index in [4.69, 9.17) is 10.5 Å². The van der Waals surface area contributed by atoms with Crippen LogP contribution in [0.3, 0.4) is 0 Å². The Morgan fingerprint density at radius 2 is 2.20 bits per heavy atom. The van der Waals surface area contributed by atoms with Crippen molar-refractivity contribution in [2.45, 2.75) is 77.4 Å². The molecule has 1 saturated carbocycles.